The Morgan fingerprint density at radius 1 is 1.17 bits per heavy atom. The highest BCUT2D eigenvalue weighted by atomic mass is 32.2. The third-order valence-corrected chi connectivity index (χ3v) is 5.01. The van der Waals surface area contributed by atoms with Crippen LogP contribution in [0.25, 0.3) is 5.65 Å². The summed E-state index contributed by atoms with van der Waals surface area (Å²) < 4.78 is 65.3. The summed E-state index contributed by atoms with van der Waals surface area (Å²) in [5.74, 6) is 0. The van der Waals surface area contributed by atoms with Crippen LogP contribution in [0.15, 0.2) is 58.7 Å². The maximum Gasteiger partial charge on any atom is 0.446 e. The van der Waals surface area contributed by atoms with Gasteiger partial charge in [0.15, 0.2) is 5.65 Å². The number of nitrogens with one attached hydrogen (secondary N) is 1. The summed E-state index contributed by atoms with van der Waals surface area (Å²) >= 11 is -0.311. The molecule has 0 amide bonds. The van der Waals surface area contributed by atoms with Crippen molar-refractivity contribution in [2.75, 3.05) is 4.72 Å². The van der Waals surface area contributed by atoms with E-state index in [0.29, 0.717) is 5.65 Å². The molecule has 0 spiro atoms. The van der Waals surface area contributed by atoms with Crippen molar-refractivity contribution in [3.63, 3.8) is 0 Å². The molecule has 0 aliphatic rings. The number of hydrogen-bond donors (Lipinski definition) is 1. The Hall–Kier alpha value is -2.27. The van der Waals surface area contributed by atoms with Crippen LogP contribution < -0.4 is 4.72 Å². The highest BCUT2D eigenvalue weighted by Gasteiger charge is 2.29. The van der Waals surface area contributed by atoms with Gasteiger partial charge in [-0.3, -0.25) is 4.72 Å². The number of benzene rings is 1. The molecule has 0 saturated heterocycles. The summed E-state index contributed by atoms with van der Waals surface area (Å²) in [6.45, 7) is 0. The first kappa shape index (κ1) is 16.6. The summed E-state index contributed by atoms with van der Waals surface area (Å²) in [6.07, 6.45) is 4.38. The third-order valence-electron chi connectivity index (χ3n) is 2.89. The van der Waals surface area contributed by atoms with Gasteiger partial charge < -0.3 is 0 Å². The number of rotatable bonds is 4. The molecule has 11 heteroatoms. The number of thioether (sulfide) groups is 1. The summed E-state index contributed by atoms with van der Waals surface area (Å²) in [6, 6.07) is 6.04. The van der Waals surface area contributed by atoms with Crippen molar-refractivity contribution in [3.05, 3.63) is 48.9 Å². The Kier molecular flexibility index (Phi) is 4.13. The molecule has 0 bridgehead atoms. The van der Waals surface area contributed by atoms with E-state index in [2.05, 4.69) is 14.8 Å². The molecular formula is C13H9F3N4O2S2. The molecule has 1 N–H and O–H groups in total. The van der Waals surface area contributed by atoms with E-state index in [9.17, 15) is 21.6 Å². The molecule has 3 aromatic rings. The average molecular weight is 374 g/mol. The van der Waals surface area contributed by atoms with Crippen LogP contribution in [0.2, 0.25) is 0 Å². The lowest BCUT2D eigenvalue weighted by Crippen LogP contribution is -2.13. The standard InChI is InChI=1S/C13H9F3N4O2S2/c14-13(15,16)23-9-2-4-10(5-3-9)24(21,22)19-11-8-18-20-7-1-6-17-12(11)20/h1-8,19H. The van der Waals surface area contributed by atoms with E-state index in [-0.39, 0.29) is 27.2 Å². The third kappa shape index (κ3) is 3.62. The van der Waals surface area contributed by atoms with E-state index in [4.69, 9.17) is 0 Å². The normalized spacial score (nSPS) is 12.5. The highest BCUT2D eigenvalue weighted by molar-refractivity contribution is 8.00. The van der Waals surface area contributed by atoms with Crippen molar-refractivity contribution < 1.29 is 21.6 Å². The van der Waals surface area contributed by atoms with Crippen molar-refractivity contribution in [1.82, 2.24) is 14.6 Å². The lowest BCUT2D eigenvalue weighted by molar-refractivity contribution is -0.0328. The van der Waals surface area contributed by atoms with Gasteiger partial charge in [0.1, 0.15) is 5.69 Å². The van der Waals surface area contributed by atoms with E-state index in [0.717, 1.165) is 24.3 Å². The number of alkyl halides is 3. The zero-order valence-electron chi connectivity index (χ0n) is 11.7. The summed E-state index contributed by atoms with van der Waals surface area (Å²) in [4.78, 5) is 3.76. The van der Waals surface area contributed by atoms with Gasteiger partial charge in [0.2, 0.25) is 0 Å². The van der Waals surface area contributed by atoms with Gasteiger partial charge in [-0.15, -0.1) is 0 Å². The summed E-state index contributed by atoms with van der Waals surface area (Å²) in [5, 5.41) is 3.95. The molecule has 0 atom stereocenters. The van der Waals surface area contributed by atoms with Crippen LogP contribution in [0, 0.1) is 0 Å². The lowest BCUT2D eigenvalue weighted by atomic mass is 10.4. The number of sulfonamides is 1. The summed E-state index contributed by atoms with van der Waals surface area (Å²) in [7, 11) is -3.97. The number of anilines is 1. The molecule has 0 fully saturated rings. The van der Waals surface area contributed by atoms with Crippen LogP contribution in [0.1, 0.15) is 0 Å². The van der Waals surface area contributed by atoms with Crippen LogP contribution in [0.4, 0.5) is 18.9 Å². The Bertz CT molecular complexity index is 969. The van der Waals surface area contributed by atoms with Crippen LogP contribution in [-0.2, 0) is 10.0 Å². The molecule has 0 aliphatic carbocycles. The predicted molar refractivity (Wildman–Crippen MR) is 82.1 cm³/mol. The fourth-order valence-electron chi connectivity index (χ4n) is 1.92. The predicted octanol–water partition coefficient (Wildman–Crippen LogP) is 3.14. The zero-order valence-corrected chi connectivity index (χ0v) is 13.4. The molecule has 126 valence electrons. The van der Waals surface area contributed by atoms with Gasteiger partial charge in [-0.1, -0.05) is 0 Å². The first-order valence-electron chi connectivity index (χ1n) is 6.42. The highest BCUT2D eigenvalue weighted by Crippen LogP contribution is 2.37. The second-order valence-electron chi connectivity index (χ2n) is 4.57. The second kappa shape index (κ2) is 5.98. The second-order valence-corrected chi connectivity index (χ2v) is 7.39. The molecule has 0 unspecified atom stereocenters. The minimum absolute atomic E-state index is 0.0981. The fourth-order valence-corrected chi connectivity index (χ4v) is 3.51. The molecule has 2 aromatic heterocycles. The molecule has 0 saturated carbocycles. The van der Waals surface area contributed by atoms with Gasteiger partial charge in [-0.05, 0) is 42.1 Å². The van der Waals surface area contributed by atoms with Crippen molar-refractivity contribution >= 4 is 33.1 Å². The number of halogens is 3. The van der Waals surface area contributed by atoms with E-state index < -0.39 is 15.5 Å². The van der Waals surface area contributed by atoms with Crippen LogP contribution in [0.3, 0.4) is 0 Å². The van der Waals surface area contributed by atoms with Crippen LogP contribution >= 0.6 is 11.8 Å². The number of aromatic nitrogens is 3. The quantitative estimate of drug-likeness (QED) is 0.710. The smallest absolute Gasteiger partial charge is 0.274 e. The Morgan fingerprint density at radius 2 is 1.88 bits per heavy atom. The molecule has 0 radical (unpaired) electrons. The van der Waals surface area contributed by atoms with Gasteiger partial charge in [0.25, 0.3) is 10.0 Å². The van der Waals surface area contributed by atoms with E-state index in [1.807, 2.05) is 0 Å². The monoisotopic (exact) mass is 374 g/mol. The fraction of sp³-hybridized carbons (Fsp3) is 0.0769. The van der Waals surface area contributed by atoms with Gasteiger partial charge in [0, 0.05) is 17.3 Å². The topological polar surface area (TPSA) is 76.4 Å². The Morgan fingerprint density at radius 3 is 2.54 bits per heavy atom. The summed E-state index contributed by atoms with van der Waals surface area (Å²) in [5.41, 5.74) is -3.95. The van der Waals surface area contributed by atoms with E-state index >= 15 is 0 Å². The van der Waals surface area contributed by atoms with Crippen LogP contribution in [-0.4, -0.2) is 28.5 Å². The SMILES string of the molecule is O=S(=O)(Nc1cnn2cccnc12)c1ccc(SC(F)(F)F)cc1. The van der Waals surface area contributed by atoms with Crippen molar-refractivity contribution in [2.24, 2.45) is 0 Å². The lowest BCUT2D eigenvalue weighted by Gasteiger charge is -2.08. The molecule has 2 heterocycles. The number of hydrogen-bond acceptors (Lipinski definition) is 5. The van der Waals surface area contributed by atoms with Crippen molar-refractivity contribution in [1.29, 1.82) is 0 Å². The first-order chi connectivity index (χ1) is 11.2. The Labute approximate surface area is 138 Å². The van der Waals surface area contributed by atoms with Gasteiger partial charge in [0.05, 0.1) is 11.1 Å². The Balaban J connectivity index is 1.85. The van der Waals surface area contributed by atoms with Crippen LogP contribution in [0.5, 0.6) is 0 Å². The largest absolute Gasteiger partial charge is 0.446 e. The number of nitrogens with zero attached hydrogens (tertiary/aromatic N) is 3. The maximum atomic E-state index is 12.3. The van der Waals surface area contributed by atoms with Crippen molar-refractivity contribution in [3.8, 4) is 0 Å². The van der Waals surface area contributed by atoms with Gasteiger partial charge in [-0.2, -0.15) is 18.3 Å². The van der Waals surface area contributed by atoms with Crippen molar-refractivity contribution in [2.45, 2.75) is 15.3 Å². The minimum Gasteiger partial charge on any atom is -0.274 e. The number of fused-ring (bicyclic) bond motifs is 1. The van der Waals surface area contributed by atoms with E-state index in [1.165, 1.54) is 16.9 Å². The minimum atomic E-state index is -4.43. The first-order valence-corrected chi connectivity index (χ1v) is 8.71. The molecule has 6 nitrogen and oxygen atoms in total. The molecule has 0 aliphatic heterocycles. The molecule has 24 heavy (non-hydrogen) atoms. The van der Waals surface area contributed by atoms with Gasteiger partial charge >= 0.3 is 5.51 Å². The molecule has 3 rings (SSSR count). The van der Waals surface area contributed by atoms with Gasteiger partial charge in [-0.25, -0.2) is 17.9 Å². The van der Waals surface area contributed by atoms with E-state index in [1.54, 1.807) is 12.3 Å². The molecular weight excluding hydrogens is 365 g/mol. The molecule has 1 aromatic carbocycles. The maximum absolute atomic E-state index is 12.3. The average Bonchev–Trinajstić information content (AvgIpc) is 2.89. The zero-order chi connectivity index (χ0) is 17.4.